The highest BCUT2D eigenvalue weighted by atomic mass is 32.2. The van der Waals surface area contributed by atoms with Crippen molar-refractivity contribution in [1.29, 1.82) is 5.26 Å². The number of carbonyl (C=O) groups is 1. The van der Waals surface area contributed by atoms with Gasteiger partial charge in [-0.3, -0.25) is 10.2 Å². The highest BCUT2D eigenvalue weighted by Gasteiger charge is 2.17. The maximum atomic E-state index is 12.3. The summed E-state index contributed by atoms with van der Waals surface area (Å²) in [5.41, 5.74) is 2.52. The third-order valence-electron chi connectivity index (χ3n) is 3.75. The van der Waals surface area contributed by atoms with E-state index >= 15 is 0 Å². The summed E-state index contributed by atoms with van der Waals surface area (Å²) in [7, 11) is -2.57. The van der Waals surface area contributed by atoms with Crippen molar-refractivity contribution in [2.24, 2.45) is 0 Å². The van der Waals surface area contributed by atoms with Crippen molar-refractivity contribution in [2.45, 2.75) is 24.7 Å². The molecule has 0 radical (unpaired) electrons. The number of nitrogens with one attached hydrogen (secondary N) is 2. The number of hydrazine groups is 1. The average Bonchev–Trinajstić information content (AvgIpc) is 2.72. The van der Waals surface area contributed by atoms with E-state index in [2.05, 4.69) is 5.43 Å². The molecule has 2 aromatic carbocycles. The Labute approximate surface area is 164 Å². The predicted molar refractivity (Wildman–Crippen MR) is 102 cm³/mol. The SMILES string of the molecule is CCCCOc1ccc(C(=O)NNS(=O)(=O)c2cccc(C#N)c2)cc1OC. The molecular formula is C19H21N3O5S. The number of amides is 1. The maximum absolute atomic E-state index is 12.3. The summed E-state index contributed by atoms with van der Waals surface area (Å²) in [6, 6.07) is 11.9. The molecule has 0 heterocycles. The second kappa shape index (κ2) is 9.73. The van der Waals surface area contributed by atoms with Gasteiger partial charge in [-0.25, -0.2) is 8.42 Å². The van der Waals surface area contributed by atoms with Crippen molar-refractivity contribution < 1.29 is 22.7 Å². The number of carbonyl (C=O) groups excluding carboxylic acids is 1. The van der Waals surface area contributed by atoms with E-state index in [0.717, 1.165) is 12.8 Å². The van der Waals surface area contributed by atoms with Gasteiger partial charge in [0.15, 0.2) is 11.5 Å². The standard InChI is InChI=1S/C19H21N3O5S/c1-3-4-10-27-17-9-8-15(12-18(17)26-2)19(23)21-22-28(24,25)16-7-5-6-14(11-16)13-20/h5-9,11-12,22H,3-4,10H2,1-2H3,(H,21,23). The summed E-state index contributed by atoms with van der Waals surface area (Å²) in [6.07, 6.45) is 1.88. The minimum atomic E-state index is -4.02. The van der Waals surface area contributed by atoms with Gasteiger partial charge in [-0.1, -0.05) is 19.4 Å². The van der Waals surface area contributed by atoms with Gasteiger partial charge in [-0.05, 0) is 42.8 Å². The second-order valence-corrected chi connectivity index (χ2v) is 7.45. The smallest absolute Gasteiger partial charge is 0.266 e. The van der Waals surface area contributed by atoms with Crippen molar-refractivity contribution in [3.05, 3.63) is 53.6 Å². The number of methoxy groups -OCH3 is 1. The first kappa shape index (κ1) is 21.2. The molecule has 0 aliphatic rings. The molecule has 9 heteroatoms. The Balaban J connectivity index is 2.08. The molecule has 148 valence electrons. The van der Waals surface area contributed by atoms with Crippen LogP contribution in [0, 0.1) is 11.3 Å². The normalized spacial score (nSPS) is 10.8. The van der Waals surface area contributed by atoms with Crippen LogP contribution in [0.4, 0.5) is 0 Å². The molecule has 8 nitrogen and oxygen atoms in total. The molecule has 28 heavy (non-hydrogen) atoms. The van der Waals surface area contributed by atoms with Crippen LogP contribution in [0.5, 0.6) is 11.5 Å². The molecule has 0 aromatic heterocycles. The predicted octanol–water partition coefficient (Wildman–Crippen LogP) is 2.37. The lowest BCUT2D eigenvalue weighted by atomic mass is 10.2. The average molecular weight is 403 g/mol. The van der Waals surface area contributed by atoms with Crippen molar-refractivity contribution in [3.8, 4) is 17.6 Å². The van der Waals surface area contributed by atoms with Crippen molar-refractivity contribution in [2.75, 3.05) is 13.7 Å². The third kappa shape index (κ3) is 5.45. The number of ether oxygens (including phenoxy) is 2. The lowest BCUT2D eigenvalue weighted by Gasteiger charge is -2.12. The number of unbranched alkanes of at least 4 members (excludes halogenated alkanes) is 1. The van der Waals surface area contributed by atoms with Crippen LogP contribution >= 0.6 is 0 Å². The van der Waals surface area contributed by atoms with Crippen LogP contribution in [-0.4, -0.2) is 28.0 Å². The first-order valence-electron chi connectivity index (χ1n) is 8.54. The summed E-state index contributed by atoms with van der Waals surface area (Å²) in [5, 5.41) is 8.88. The zero-order chi connectivity index (χ0) is 20.6. The second-order valence-electron chi connectivity index (χ2n) is 5.77. The van der Waals surface area contributed by atoms with Crippen molar-refractivity contribution in [3.63, 3.8) is 0 Å². The molecule has 0 saturated carbocycles. The minimum Gasteiger partial charge on any atom is -0.493 e. The molecule has 0 unspecified atom stereocenters. The Morgan fingerprint density at radius 1 is 1.18 bits per heavy atom. The summed E-state index contributed by atoms with van der Waals surface area (Å²) in [4.78, 5) is 14.2. The quantitative estimate of drug-likeness (QED) is 0.490. The summed E-state index contributed by atoms with van der Waals surface area (Å²) >= 11 is 0. The molecule has 2 N–H and O–H groups in total. The number of hydrogen-bond donors (Lipinski definition) is 2. The van der Waals surface area contributed by atoms with Gasteiger partial charge in [0.25, 0.3) is 15.9 Å². The van der Waals surface area contributed by atoms with Crippen molar-refractivity contribution >= 4 is 15.9 Å². The molecule has 2 aromatic rings. The molecular weight excluding hydrogens is 382 g/mol. The number of hydrogen-bond acceptors (Lipinski definition) is 6. The van der Waals surface area contributed by atoms with Crippen LogP contribution in [-0.2, 0) is 10.0 Å². The van der Waals surface area contributed by atoms with Gasteiger partial charge in [0.2, 0.25) is 0 Å². The summed E-state index contributed by atoms with van der Waals surface area (Å²) < 4.78 is 35.4. The highest BCUT2D eigenvalue weighted by Crippen LogP contribution is 2.28. The summed E-state index contributed by atoms with van der Waals surface area (Å²) in [6.45, 7) is 2.58. The van der Waals surface area contributed by atoms with Crippen LogP contribution in [0.15, 0.2) is 47.4 Å². The molecule has 0 spiro atoms. The van der Waals surface area contributed by atoms with Crippen LogP contribution in [0.25, 0.3) is 0 Å². The van der Waals surface area contributed by atoms with Crippen LogP contribution < -0.4 is 19.7 Å². The molecule has 1 amide bonds. The van der Waals surface area contributed by atoms with Gasteiger partial charge in [-0.2, -0.15) is 5.26 Å². The zero-order valence-corrected chi connectivity index (χ0v) is 16.4. The topological polar surface area (TPSA) is 118 Å². The maximum Gasteiger partial charge on any atom is 0.266 e. The van der Waals surface area contributed by atoms with Crippen LogP contribution in [0.2, 0.25) is 0 Å². The van der Waals surface area contributed by atoms with E-state index in [-0.39, 0.29) is 16.0 Å². The number of nitriles is 1. The molecule has 0 fully saturated rings. The Bertz CT molecular complexity index is 983. The fourth-order valence-electron chi connectivity index (χ4n) is 2.23. The Kier molecular flexibility index (Phi) is 7.37. The van der Waals surface area contributed by atoms with E-state index in [1.807, 2.05) is 17.8 Å². The lowest BCUT2D eigenvalue weighted by molar-refractivity contribution is 0.0944. The van der Waals surface area contributed by atoms with Gasteiger partial charge in [0, 0.05) is 5.56 Å². The number of rotatable bonds is 9. The van der Waals surface area contributed by atoms with E-state index in [0.29, 0.717) is 18.1 Å². The van der Waals surface area contributed by atoms with Gasteiger partial charge < -0.3 is 9.47 Å². The van der Waals surface area contributed by atoms with E-state index in [9.17, 15) is 13.2 Å². The van der Waals surface area contributed by atoms with Crippen molar-refractivity contribution in [1.82, 2.24) is 10.3 Å². The van der Waals surface area contributed by atoms with E-state index < -0.39 is 15.9 Å². The van der Waals surface area contributed by atoms with Gasteiger partial charge >= 0.3 is 0 Å². The molecule has 0 saturated heterocycles. The molecule has 0 aliphatic carbocycles. The Morgan fingerprint density at radius 2 is 1.96 bits per heavy atom. The highest BCUT2D eigenvalue weighted by molar-refractivity contribution is 7.89. The van der Waals surface area contributed by atoms with E-state index in [1.165, 1.54) is 43.5 Å². The van der Waals surface area contributed by atoms with Gasteiger partial charge in [0.05, 0.1) is 30.2 Å². The Hall–Kier alpha value is -3.09. The molecule has 2 rings (SSSR count). The minimum absolute atomic E-state index is 0.135. The number of nitrogens with zero attached hydrogens (tertiary/aromatic N) is 1. The fraction of sp³-hybridized carbons (Fsp3) is 0.263. The number of benzene rings is 2. The van der Waals surface area contributed by atoms with E-state index in [1.54, 1.807) is 6.07 Å². The van der Waals surface area contributed by atoms with Gasteiger partial charge in [0.1, 0.15) is 0 Å². The largest absolute Gasteiger partial charge is 0.493 e. The fourth-order valence-corrected chi connectivity index (χ4v) is 3.12. The first-order chi connectivity index (χ1) is 13.4. The van der Waals surface area contributed by atoms with Crippen LogP contribution in [0.3, 0.4) is 0 Å². The van der Waals surface area contributed by atoms with E-state index in [4.69, 9.17) is 14.7 Å². The zero-order valence-electron chi connectivity index (χ0n) is 15.6. The third-order valence-corrected chi connectivity index (χ3v) is 5.00. The lowest BCUT2D eigenvalue weighted by Crippen LogP contribution is -2.41. The first-order valence-corrected chi connectivity index (χ1v) is 10.0. The molecule has 0 aliphatic heterocycles. The van der Waals surface area contributed by atoms with Gasteiger partial charge in [-0.15, -0.1) is 4.83 Å². The molecule has 0 atom stereocenters. The van der Waals surface area contributed by atoms with Crippen LogP contribution in [0.1, 0.15) is 35.7 Å². The Morgan fingerprint density at radius 3 is 2.64 bits per heavy atom. The molecule has 0 bridgehead atoms. The summed E-state index contributed by atoms with van der Waals surface area (Å²) in [5.74, 6) is 0.202. The number of sulfonamides is 1. The monoisotopic (exact) mass is 403 g/mol.